The van der Waals surface area contributed by atoms with E-state index in [4.69, 9.17) is 4.74 Å². The molecule has 2 aromatic heterocycles. The minimum absolute atomic E-state index is 0.151. The van der Waals surface area contributed by atoms with Gasteiger partial charge in [0.05, 0.1) is 13.4 Å². The Bertz CT molecular complexity index is 948. The highest BCUT2D eigenvalue weighted by Crippen LogP contribution is 2.32. The topological polar surface area (TPSA) is 64.9 Å². The van der Waals surface area contributed by atoms with Crippen LogP contribution in [0.5, 0.6) is 5.75 Å². The molecule has 1 aliphatic rings. The third-order valence-electron chi connectivity index (χ3n) is 4.44. The molecule has 3 aromatic rings. The molecule has 27 heavy (non-hydrogen) atoms. The summed E-state index contributed by atoms with van der Waals surface area (Å²) in [6.45, 7) is 0.458. The van der Waals surface area contributed by atoms with Gasteiger partial charge in [-0.2, -0.15) is 13.2 Å². The lowest BCUT2D eigenvalue weighted by Crippen LogP contribution is -2.15. The Morgan fingerprint density at radius 3 is 2.56 bits per heavy atom. The van der Waals surface area contributed by atoms with Gasteiger partial charge in [0.2, 0.25) is 5.82 Å². The van der Waals surface area contributed by atoms with Crippen LogP contribution in [0.25, 0.3) is 11.2 Å². The molecule has 0 radical (unpaired) electrons. The smallest absolute Gasteiger partial charge is 0.451 e. The maximum atomic E-state index is 13.2. The summed E-state index contributed by atoms with van der Waals surface area (Å²) in [5.41, 5.74) is 1.60. The molecule has 0 aliphatic heterocycles. The molecule has 1 saturated carbocycles. The number of benzene rings is 1. The van der Waals surface area contributed by atoms with Gasteiger partial charge in [0.25, 0.3) is 0 Å². The van der Waals surface area contributed by atoms with Gasteiger partial charge < -0.3 is 14.6 Å². The quantitative estimate of drug-likeness (QED) is 0.710. The largest absolute Gasteiger partial charge is 0.497 e. The Kier molecular flexibility index (Phi) is 4.37. The van der Waals surface area contributed by atoms with Crippen LogP contribution in [0, 0.1) is 0 Å². The average molecular weight is 377 g/mol. The summed E-state index contributed by atoms with van der Waals surface area (Å²) in [5, 5.41) is 3.03. The Morgan fingerprint density at radius 1 is 1.19 bits per heavy atom. The van der Waals surface area contributed by atoms with Crippen molar-refractivity contribution in [2.75, 3.05) is 12.4 Å². The number of hydrogen-bond donors (Lipinski definition) is 1. The molecule has 0 amide bonds. The zero-order chi connectivity index (χ0) is 19.0. The van der Waals surface area contributed by atoms with Gasteiger partial charge in [-0.05, 0) is 37.0 Å². The van der Waals surface area contributed by atoms with E-state index in [1.807, 2.05) is 24.3 Å². The summed E-state index contributed by atoms with van der Waals surface area (Å²) in [7, 11) is 1.60. The first-order valence-electron chi connectivity index (χ1n) is 8.63. The van der Waals surface area contributed by atoms with Gasteiger partial charge in [0, 0.05) is 12.6 Å². The molecule has 9 heteroatoms. The molecule has 0 spiro atoms. The van der Waals surface area contributed by atoms with E-state index in [2.05, 4.69) is 20.3 Å². The number of hydrogen-bond acceptors (Lipinski definition) is 5. The molecule has 0 bridgehead atoms. The van der Waals surface area contributed by atoms with Gasteiger partial charge >= 0.3 is 6.18 Å². The highest BCUT2D eigenvalue weighted by molar-refractivity contribution is 5.83. The molecule has 0 unspecified atom stereocenters. The first-order chi connectivity index (χ1) is 12.9. The van der Waals surface area contributed by atoms with Gasteiger partial charge in [-0.3, -0.25) is 0 Å². The molecule has 4 rings (SSSR count). The van der Waals surface area contributed by atoms with Crippen LogP contribution in [-0.4, -0.2) is 32.7 Å². The maximum absolute atomic E-state index is 13.2. The molecular formula is C18H18F3N5O. The third kappa shape index (κ3) is 3.81. The van der Waals surface area contributed by atoms with Crippen molar-refractivity contribution < 1.29 is 17.9 Å². The second-order valence-corrected chi connectivity index (χ2v) is 6.52. The number of anilines is 1. The van der Waals surface area contributed by atoms with Crippen molar-refractivity contribution in [2.24, 2.45) is 0 Å². The Morgan fingerprint density at radius 2 is 1.93 bits per heavy atom. The number of nitrogens with one attached hydrogen (secondary N) is 1. The van der Waals surface area contributed by atoms with E-state index >= 15 is 0 Å². The van der Waals surface area contributed by atoms with E-state index in [1.165, 1.54) is 6.33 Å². The summed E-state index contributed by atoms with van der Waals surface area (Å²) < 4.78 is 46.4. The Hall–Kier alpha value is -2.84. The van der Waals surface area contributed by atoms with Crippen LogP contribution in [0.1, 0.15) is 24.2 Å². The van der Waals surface area contributed by atoms with Gasteiger partial charge in [0.15, 0.2) is 11.5 Å². The van der Waals surface area contributed by atoms with Crippen molar-refractivity contribution in [3.63, 3.8) is 0 Å². The number of imidazole rings is 1. The lowest BCUT2D eigenvalue weighted by molar-refractivity contribution is -0.144. The Balaban J connectivity index is 1.63. The van der Waals surface area contributed by atoms with Crippen LogP contribution >= 0.6 is 0 Å². The zero-order valence-corrected chi connectivity index (χ0v) is 14.6. The summed E-state index contributed by atoms with van der Waals surface area (Å²) >= 11 is 0. The first-order valence-corrected chi connectivity index (χ1v) is 8.63. The molecular weight excluding hydrogens is 359 g/mol. The molecule has 6 nitrogen and oxygen atoms in total. The maximum Gasteiger partial charge on any atom is 0.451 e. The van der Waals surface area contributed by atoms with Crippen molar-refractivity contribution in [2.45, 2.75) is 38.0 Å². The van der Waals surface area contributed by atoms with Crippen molar-refractivity contribution in [3.8, 4) is 5.75 Å². The van der Waals surface area contributed by atoms with Gasteiger partial charge in [0.1, 0.15) is 11.3 Å². The van der Waals surface area contributed by atoms with Gasteiger partial charge in [-0.15, -0.1) is 0 Å². The van der Waals surface area contributed by atoms with Crippen molar-refractivity contribution in [1.82, 2.24) is 19.5 Å². The minimum Gasteiger partial charge on any atom is -0.497 e. The molecule has 1 aliphatic carbocycles. The number of methoxy groups -OCH3 is 1. The average Bonchev–Trinajstić information content (AvgIpc) is 3.37. The van der Waals surface area contributed by atoms with E-state index in [0.29, 0.717) is 18.5 Å². The molecule has 0 atom stereocenters. The fourth-order valence-electron chi connectivity index (χ4n) is 2.80. The van der Waals surface area contributed by atoms with Crippen molar-refractivity contribution in [1.29, 1.82) is 0 Å². The lowest BCUT2D eigenvalue weighted by atomic mass is 10.1. The molecule has 1 fully saturated rings. The predicted molar refractivity (Wildman–Crippen MR) is 93.7 cm³/mol. The van der Waals surface area contributed by atoms with Crippen LogP contribution in [0.15, 0.2) is 30.6 Å². The number of halogens is 3. The molecule has 1 aromatic carbocycles. The number of fused-ring (bicyclic) bond motifs is 1. The van der Waals surface area contributed by atoms with E-state index in [9.17, 15) is 13.2 Å². The number of rotatable bonds is 6. The number of nitrogens with zero attached hydrogens (tertiary/aromatic N) is 4. The molecule has 2 heterocycles. The molecule has 0 saturated heterocycles. The molecule has 142 valence electrons. The fraction of sp³-hybridized carbons (Fsp3) is 0.389. The highest BCUT2D eigenvalue weighted by atomic mass is 19.4. The standard InChI is InChI=1S/C18H18F3N5O/c1-27-13-6-2-11(3-7-13)8-9-26-10-22-14-15(23-12-4-5-12)24-17(18(19,20)21)25-16(14)26/h2-3,6-7,10,12H,4-5,8-9H2,1H3,(H,23,24,25). The van der Waals surface area contributed by atoms with Gasteiger partial charge in [-0.1, -0.05) is 12.1 Å². The van der Waals surface area contributed by atoms with Crippen molar-refractivity contribution in [3.05, 3.63) is 42.0 Å². The van der Waals surface area contributed by atoms with Crippen molar-refractivity contribution >= 4 is 17.0 Å². The summed E-state index contributed by atoms with van der Waals surface area (Å²) in [6.07, 6.45) is -0.622. The number of aryl methyl sites for hydroxylation is 2. The van der Waals surface area contributed by atoms with Crippen LogP contribution in [0.3, 0.4) is 0 Å². The predicted octanol–water partition coefficient (Wildman–Crippen LogP) is 3.67. The molecule has 1 N–H and O–H groups in total. The monoisotopic (exact) mass is 377 g/mol. The minimum atomic E-state index is -4.61. The number of aromatic nitrogens is 4. The van der Waals surface area contributed by atoms with E-state index in [-0.39, 0.29) is 17.5 Å². The Labute approximate surface area is 153 Å². The lowest BCUT2D eigenvalue weighted by Gasteiger charge is -2.11. The van der Waals surface area contributed by atoms with Crippen LogP contribution in [0.2, 0.25) is 0 Å². The second-order valence-electron chi connectivity index (χ2n) is 6.52. The highest BCUT2D eigenvalue weighted by Gasteiger charge is 2.37. The summed E-state index contributed by atoms with van der Waals surface area (Å²) in [5.74, 6) is -0.243. The van der Waals surface area contributed by atoms with E-state index in [0.717, 1.165) is 24.2 Å². The van der Waals surface area contributed by atoms with E-state index < -0.39 is 12.0 Å². The summed E-state index contributed by atoms with van der Waals surface area (Å²) in [4.78, 5) is 11.7. The van der Waals surface area contributed by atoms with Crippen LogP contribution in [-0.2, 0) is 19.1 Å². The SMILES string of the molecule is COc1ccc(CCn2cnc3c(NC4CC4)nc(C(F)(F)F)nc32)cc1. The summed E-state index contributed by atoms with van der Waals surface area (Å²) in [6, 6.07) is 7.71. The van der Waals surface area contributed by atoms with Gasteiger partial charge in [-0.25, -0.2) is 15.0 Å². The van der Waals surface area contributed by atoms with Crippen LogP contribution < -0.4 is 10.1 Å². The van der Waals surface area contributed by atoms with E-state index in [1.54, 1.807) is 11.7 Å². The normalized spacial score (nSPS) is 14.5. The third-order valence-corrected chi connectivity index (χ3v) is 4.44. The second kappa shape index (κ2) is 6.71. The number of alkyl halides is 3. The number of ether oxygens (including phenoxy) is 1. The van der Waals surface area contributed by atoms with Crippen LogP contribution in [0.4, 0.5) is 19.0 Å². The zero-order valence-electron chi connectivity index (χ0n) is 14.6. The fourth-order valence-corrected chi connectivity index (χ4v) is 2.80. The first kappa shape index (κ1) is 17.6.